The van der Waals surface area contributed by atoms with Gasteiger partial charge in [0, 0.05) is 5.25 Å². The summed E-state index contributed by atoms with van der Waals surface area (Å²) in [5.41, 5.74) is 2.92. The van der Waals surface area contributed by atoms with E-state index in [9.17, 15) is 0 Å². The van der Waals surface area contributed by atoms with Crippen molar-refractivity contribution in [3.05, 3.63) is 11.6 Å². The van der Waals surface area contributed by atoms with Crippen molar-refractivity contribution in [2.24, 2.45) is 46.3 Å². The van der Waals surface area contributed by atoms with Crippen LogP contribution in [0.25, 0.3) is 0 Å². The average molecular weight is 403 g/mol. The highest BCUT2D eigenvalue weighted by molar-refractivity contribution is 7.80. The van der Waals surface area contributed by atoms with Crippen molar-refractivity contribution in [2.75, 3.05) is 0 Å². The molecule has 0 aromatic rings. The molecule has 1 heteroatoms. The number of hydrogen-bond donors (Lipinski definition) is 1. The van der Waals surface area contributed by atoms with Gasteiger partial charge in [-0.2, -0.15) is 12.6 Å². The van der Waals surface area contributed by atoms with Crippen LogP contribution < -0.4 is 0 Å². The van der Waals surface area contributed by atoms with E-state index >= 15 is 0 Å². The van der Waals surface area contributed by atoms with E-state index in [-0.39, 0.29) is 0 Å². The molecule has 0 radical (unpaired) electrons. The van der Waals surface area contributed by atoms with Crippen LogP contribution in [0, 0.1) is 46.3 Å². The third-order valence-electron chi connectivity index (χ3n) is 10.3. The van der Waals surface area contributed by atoms with E-state index in [2.05, 4.69) is 40.7 Å². The molecule has 0 heterocycles. The molecule has 4 aliphatic rings. The molecule has 0 amide bonds. The average Bonchev–Trinajstić information content (AvgIpc) is 2.99. The molecule has 0 spiro atoms. The molecule has 3 saturated carbocycles. The first-order chi connectivity index (χ1) is 13.3. The van der Waals surface area contributed by atoms with Gasteiger partial charge in [-0.05, 0) is 97.7 Å². The van der Waals surface area contributed by atoms with Crippen molar-refractivity contribution < 1.29 is 0 Å². The van der Waals surface area contributed by atoms with Crippen LogP contribution in [0.5, 0.6) is 0 Å². The van der Waals surface area contributed by atoms with Gasteiger partial charge in [0.25, 0.3) is 0 Å². The Bertz CT molecular complexity index is 591. The molecule has 4 rings (SSSR count). The molecule has 3 fully saturated rings. The van der Waals surface area contributed by atoms with Gasteiger partial charge in [-0.15, -0.1) is 0 Å². The first kappa shape index (κ1) is 21.3. The van der Waals surface area contributed by atoms with E-state index in [1.165, 1.54) is 70.6 Å². The molecule has 4 unspecified atom stereocenters. The zero-order valence-corrected chi connectivity index (χ0v) is 20.2. The molecule has 4 aliphatic carbocycles. The van der Waals surface area contributed by atoms with Gasteiger partial charge in [0.2, 0.25) is 0 Å². The van der Waals surface area contributed by atoms with E-state index < -0.39 is 0 Å². The number of hydrogen-bond acceptors (Lipinski definition) is 1. The Balaban J connectivity index is 1.49. The van der Waals surface area contributed by atoms with Crippen molar-refractivity contribution in [3.8, 4) is 0 Å². The van der Waals surface area contributed by atoms with E-state index in [1.54, 1.807) is 5.57 Å². The Morgan fingerprint density at radius 1 is 1.00 bits per heavy atom. The predicted molar refractivity (Wildman–Crippen MR) is 126 cm³/mol. The lowest BCUT2D eigenvalue weighted by Crippen LogP contribution is -2.50. The Kier molecular flexibility index (Phi) is 6.07. The Labute approximate surface area is 181 Å². The van der Waals surface area contributed by atoms with E-state index in [1.807, 2.05) is 0 Å². The zero-order chi connectivity index (χ0) is 20.1. The van der Waals surface area contributed by atoms with Gasteiger partial charge >= 0.3 is 0 Å². The molecular formula is C27H46S. The fourth-order valence-corrected chi connectivity index (χ4v) is 8.99. The third kappa shape index (κ3) is 3.54. The quantitative estimate of drug-likeness (QED) is 0.347. The SMILES string of the molecule is CC(C)CCC[C@@H](C)[C@H]1CCC2C3CC=C4CC(S)CC[C@]4(C)C3CC[C@@]21C. The fourth-order valence-electron chi connectivity index (χ4n) is 8.67. The molecule has 160 valence electrons. The van der Waals surface area contributed by atoms with Gasteiger partial charge < -0.3 is 0 Å². The summed E-state index contributed by atoms with van der Waals surface area (Å²) in [6.07, 6.45) is 18.4. The molecule has 0 nitrogen and oxygen atoms in total. The second-order valence-electron chi connectivity index (χ2n) is 12.2. The highest BCUT2D eigenvalue weighted by Crippen LogP contribution is 2.67. The van der Waals surface area contributed by atoms with Crippen LogP contribution in [0.1, 0.15) is 105 Å². The Hall–Kier alpha value is 0.0900. The first-order valence-corrected chi connectivity index (χ1v) is 13.1. The molecule has 0 aromatic heterocycles. The zero-order valence-electron chi connectivity index (χ0n) is 19.3. The summed E-state index contributed by atoms with van der Waals surface area (Å²) in [5, 5.41) is 0.618. The van der Waals surface area contributed by atoms with Crippen LogP contribution in [0.4, 0.5) is 0 Å². The second kappa shape index (κ2) is 7.97. The van der Waals surface area contributed by atoms with Crippen molar-refractivity contribution >= 4 is 12.6 Å². The maximum absolute atomic E-state index is 4.84. The Morgan fingerprint density at radius 2 is 1.79 bits per heavy atom. The molecule has 0 aliphatic heterocycles. The van der Waals surface area contributed by atoms with E-state index in [0.717, 1.165) is 35.5 Å². The third-order valence-corrected chi connectivity index (χ3v) is 10.7. The second-order valence-corrected chi connectivity index (χ2v) is 12.9. The number of rotatable bonds is 5. The van der Waals surface area contributed by atoms with Crippen LogP contribution in [-0.2, 0) is 0 Å². The maximum Gasteiger partial charge on any atom is 0.00545 e. The number of fused-ring (bicyclic) bond motifs is 5. The highest BCUT2D eigenvalue weighted by Gasteiger charge is 2.58. The summed E-state index contributed by atoms with van der Waals surface area (Å²) >= 11 is 4.84. The highest BCUT2D eigenvalue weighted by atomic mass is 32.1. The standard InChI is InChI=1S/C27H46S/c1-18(2)7-6-8-19(3)23-11-12-24-22-10-9-20-17-21(28)13-15-26(20,4)25(22)14-16-27(23,24)5/h9,18-19,21-25,28H,6-8,10-17H2,1-5H3/t19-,21?,22?,23-,24?,25?,26+,27-/m1/s1. The van der Waals surface area contributed by atoms with Crippen LogP contribution in [0.2, 0.25) is 0 Å². The minimum absolute atomic E-state index is 0.504. The molecule has 0 saturated heterocycles. The van der Waals surface area contributed by atoms with Gasteiger partial charge in [0.05, 0.1) is 0 Å². The summed E-state index contributed by atoms with van der Waals surface area (Å²) in [7, 11) is 0. The van der Waals surface area contributed by atoms with Gasteiger partial charge in [-0.3, -0.25) is 0 Å². The Morgan fingerprint density at radius 3 is 2.54 bits per heavy atom. The van der Waals surface area contributed by atoms with Gasteiger partial charge in [0.15, 0.2) is 0 Å². The summed E-state index contributed by atoms with van der Waals surface area (Å²) < 4.78 is 0. The first-order valence-electron chi connectivity index (χ1n) is 12.6. The van der Waals surface area contributed by atoms with Crippen LogP contribution in [0.3, 0.4) is 0 Å². The summed E-state index contributed by atoms with van der Waals surface area (Å²) in [5.74, 6) is 5.70. The van der Waals surface area contributed by atoms with Gasteiger partial charge in [0.1, 0.15) is 0 Å². The lowest BCUT2D eigenvalue weighted by Gasteiger charge is -2.58. The van der Waals surface area contributed by atoms with Crippen molar-refractivity contribution in [2.45, 2.75) is 110 Å². The minimum Gasteiger partial charge on any atom is -0.176 e. The summed E-state index contributed by atoms with van der Waals surface area (Å²) in [6.45, 7) is 12.7. The fraction of sp³-hybridized carbons (Fsp3) is 0.926. The minimum atomic E-state index is 0.504. The van der Waals surface area contributed by atoms with E-state index in [0.29, 0.717) is 16.1 Å². The van der Waals surface area contributed by atoms with Crippen LogP contribution in [0.15, 0.2) is 11.6 Å². The topological polar surface area (TPSA) is 0 Å². The predicted octanol–water partition coefficient (Wildman–Crippen LogP) is 8.33. The molecule has 28 heavy (non-hydrogen) atoms. The summed E-state index contributed by atoms with van der Waals surface area (Å²) in [4.78, 5) is 0. The lowest BCUT2D eigenvalue weighted by molar-refractivity contribution is -0.0497. The molecule has 0 N–H and O–H groups in total. The van der Waals surface area contributed by atoms with Crippen molar-refractivity contribution in [3.63, 3.8) is 0 Å². The molecule has 0 bridgehead atoms. The number of thiol groups is 1. The van der Waals surface area contributed by atoms with E-state index in [4.69, 9.17) is 12.6 Å². The summed E-state index contributed by atoms with van der Waals surface area (Å²) in [6, 6.07) is 0. The molecular weight excluding hydrogens is 356 g/mol. The van der Waals surface area contributed by atoms with Crippen molar-refractivity contribution in [1.82, 2.24) is 0 Å². The normalized spacial score (nSPS) is 46.5. The largest absolute Gasteiger partial charge is 0.176 e. The number of allylic oxidation sites excluding steroid dienone is 2. The lowest BCUT2D eigenvalue weighted by atomic mass is 9.47. The monoisotopic (exact) mass is 402 g/mol. The van der Waals surface area contributed by atoms with Gasteiger partial charge in [-0.1, -0.05) is 65.5 Å². The van der Waals surface area contributed by atoms with Crippen molar-refractivity contribution in [1.29, 1.82) is 0 Å². The molecule has 0 aromatic carbocycles. The van der Waals surface area contributed by atoms with Gasteiger partial charge in [-0.25, -0.2) is 0 Å². The van der Waals surface area contributed by atoms with Crippen LogP contribution in [-0.4, -0.2) is 5.25 Å². The van der Waals surface area contributed by atoms with Crippen LogP contribution >= 0.6 is 12.6 Å². The maximum atomic E-state index is 4.84. The molecule has 8 atom stereocenters. The smallest absolute Gasteiger partial charge is 0.00545 e.